The summed E-state index contributed by atoms with van der Waals surface area (Å²) in [6, 6.07) is 38.0. The van der Waals surface area contributed by atoms with Crippen molar-refractivity contribution < 1.29 is 4.79 Å². The van der Waals surface area contributed by atoms with Crippen LogP contribution in [0.25, 0.3) is 11.0 Å². The van der Waals surface area contributed by atoms with Crippen LogP contribution in [0, 0.1) is 0 Å². The van der Waals surface area contributed by atoms with Gasteiger partial charge >= 0.3 is 0 Å². The first-order chi connectivity index (χ1) is 19.2. The number of hydrogen-bond donors (Lipinski definition) is 0. The van der Waals surface area contributed by atoms with Crippen molar-refractivity contribution in [2.24, 2.45) is 0 Å². The van der Waals surface area contributed by atoms with Crippen LogP contribution >= 0.6 is 0 Å². The molecule has 0 radical (unpaired) electrons. The zero-order valence-corrected chi connectivity index (χ0v) is 25.1. The van der Waals surface area contributed by atoms with Gasteiger partial charge in [0.15, 0.2) is 5.78 Å². The van der Waals surface area contributed by atoms with Gasteiger partial charge in [0, 0.05) is 45.8 Å². The SMILES string of the molecule is CN(C)c1ccc(C(C[Si](C)(C)C)(C(CC(=O)c2ccccc2)c2ccccc2)n2nnc3ccccc32)cc1. The van der Waals surface area contributed by atoms with Crippen LogP contribution in [0.2, 0.25) is 25.7 Å². The largest absolute Gasteiger partial charge is 0.378 e. The molecule has 0 fully saturated rings. The molecular formula is C34H38N4OSi. The molecule has 4 aromatic carbocycles. The molecule has 1 aromatic heterocycles. The maximum absolute atomic E-state index is 14.0. The van der Waals surface area contributed by atoms with E-state index < -0.39 is 13.6 Å². The summed E-state index contributed by atoms with van der Waals surface area (Å²) in [6.45, 7) is 7.20. The summed E-state index contributed by atoms with van der Waals surface area (Å²) in [5, 5.41) is 9.51. The zero-order valence-electron chi connectivity index (χ0n) is 24.1. The fourth-order valence-electron chi connectivity index (χ4n) is 5.97. The summed E-state index contributed by atoms with van der Waals surface area (Å²) in [4.78, 5) is 16.1. The number of benzene rings is 4. The van der Waals surface area contributed by atoms with Crippen LogP contribution in [0.4, 0.5) is 5.69 Å². The van der Waals surface area contributed by atoms with Gasteiger partial charge < -0.3 is 4.90 Å². The molecule has 204 valence electrons. The molecule has 5 nitrogen and oxygen atoms in total. The van der Waals surface area contributed by atoms with Gasteiger partial charge in [0.2, 0.25) is 0 Å². The van der Waals surface area contributed by atoms with E-state index in [4.69, 9.17) is 5.21 Å². The maximum atomic E-state index is 14.0. The standard InChI is InChI=1S/C34H38N4OSi/c1-37(2)29-22-20-28(21-23-29)34(25-40(3,4)5,38-32-19-13-12-18-31(32)35-36-38)30(26-14-8-6-9-15-26)24-33(39)27-16-10-7-11-17-27/h6-23,30H,24-25H2,1-5H3. The third-order valence-corrected chi connectivity index (χ3v) is 9.28. The van der Waals surface area contributed by atoms with Crippen molar-refractivity contribution in [2.75, 3.05) is 19.0 Å². The summed E-state index contributed by atoms with van der Waals surface area (Å²) in [7, 11) is 2.32. The van der Waals surface area contributed by atoms with Gasteiger partial charge in [-0.1, -0.05) is 110 Å². The minimum Gasteiger partial charge on any atom is -0.378 e. The summed E-state index contributed by atoms with van der Waals surface area (Å²) >= 11 is 0. The quantitative estimate of drug-likeness (QED) is 0.133. The minimum atomic E-state index is -1.79. The van der Waals surface area contributed by atoms with Gasteiger partial charge in [-0.05, 0) is 41.4 Å². The number of nitrogens with zero attached hydrogens (tertiary/aromatic N) is 4. The molecule has 6 heteroatoms. The van der Waals surface area contributed by atoms with Crippen LogP contribution in [0.5, 0.6) is 0 Å². The molecule has 0 amide bonds. The minimum absolute atomic E-state index is 0.128. The molecule has 5 rings (SSSR count). The molecular weight excluding hydrogens is 508 g/mol. The Labute approximate surface area is 238 Å². The zero-order chi connectivity index (χ0) is 28.3. The van der Waals surface area contributed by atoms with Gasteiger partial charge in [-0.3, -0.25) is 4.79 Å². The van der Waals surface area contributed by atoms with Gasteiger partial charge in [0.25, 0.3) is 0 Å². The van der Waals surface area contributed by atoms with E-state index in [0.29, 0.717) is 6.42 Å². The number of ketones is 1. The topological polar surface area (TPSA) is 51.0 Å². The number of aromatic nitrogens is 3. The van der Waals surface area contributed by atoms with Gasteiger partial charge in [-0.2, -0.15) is 0 Å². The summed E-state index contributed by atoms with van der Waals surface area (Å²) < 4.78 is 2.14. The summed E-state index contributed by atoms with van der Waals surface area (Å²) in [5.41, 5.74) is 5.32. The van der Waals surface area contributed by atoms with E-state index in [0.717, 1.165) is 39.5 Å². The third-order valence-electron chi connectivity index (χ3n) is 7.68. The van der Waals surface area contributed by atoms with E-state index in [-0.39, 0.29) is 11.7 Å². The normalized spacial score (nSPS) is 14.0. The first-order valence-electron chi connectivity index (χ1n) is 13.9. The lowest BCUT2D eigenvalue weighted by molar-refractivity contribution is 0.0951. The molecule has 0 spiro atoms. The van der Waals surface area contributed by atoms with Crippen molar-refractivity contribution in [2.45, 2.75) is 43.6 Å². The molecule has 0 N–H and O–H groups in total. The van der Waals surface area contributed by atoms with Crippen molar-refractivity contribution in [3.8, 4) is 0 Å². The second-order valence-corrected chi connectivity index (χ2v) is 17.5. The molecule has 0 saturated carbocycles. The number of anilines is 1. The van der Waals surface area contributed by atoms with E-state index in [1.165, 1.54) is 0 Å². The Hall–Kier alpha value is -4.03. The van der Waals surface area contributed by atoms with Crippen molar-refractivity contribution in [3.63, 3.8) is 0 Å². The first kappa shape index (κ1) is 27.5. The number of hydrogen-bond acceptors (Lipinski definition) is 4. The Balaban J connectivity index is 1.83. The van der Waals surface area contributed by atoms with E-state index in [9.17, 15) is 4.79 Å². The summed E-state index contributed by atoms with van der Waals surface area (Å²) in [5.74, 6) is -0.0489. The van der Waals surface area contributed by atoms with Crippen LogP contribution in [0.1, 0.15) is 33.8 Å². The van der Waals surface area contributed by atoms with E-state index >= 15 is 0 Å². The molecule has 40 heavy (non-hydrogen) atoms. The average Bonchev–Trinajstić information content (AvgIpc) is 3.40. The van der Waals surface area contributed by atoms with E-state index in [2.05, 4.69) is 103 Å². The van der Waals surface area contributed by atoms with E-state index in [1.807, 2.05) is 54.6 Å². The van der Waals surface area contributed by atoms with E-state index in [1.54, 1.807) is 0 Å². The Morgan fingerprint density at radius 3 is 2.05 bits per heavy atom. The summed E-state index contributed by atoms with van der Waals surface area (Å²) in [6.07, 6.45) is 0.349. The number of rotatable bonds is 10. The first-order valence-corrected chi connectivity index (χ1v) is 17.6. The van der Waals surface area contributed by atoms with Gasteiger partial charge in [0.05, 0.1) is 11.1 Å². The third kappa shape index (κ3) is 5.49. The van der Waals surface area contributed by atoms with Crippen LogP contribution in [-0.2, 0) is 5.54 Å². The van der Waals surface area contributed by atoms with Crippen molar-refractivity contribution in [3.05, 3.63) is 126 Å². The van der Waals surface area contributed by atoms with Crippen molar-refractivity contribution in [1.29, 1.82) is 0 Å². The fourth-order valence-corrected chi connectivity index (χ4v) is 8.18. The predicted molar refractivity (Wildman–Crippen MR) is 168 cm³/mol. The Morgan fingerprint density at radius 2 is 1.43 bits per heavy atom. The highest BCUT2D eigenvalue weighted by molar-refractivity contribution is 6.76. The highest BCUT2D eigenvalue weighted by Gasteiger charge is 2.48. The molecule has 2 atom stereocenters. The van der Waals surface area contributed by atoms with Crippen LogP contribution in [0.3, 0.4) is 0 Å². The number of para-hydroxylation sites is 1. The molecule has 1 heterocycles. The molecule has 5 aromatic rings. The lowest BCUT2D eigenvalue weighted by Gasteiger charge is -2.45. The second kappa shape index (κ2) is 11.2. The monoisotopic (exact) mass is 546 g/mol. The number of fused-ring (bicyclic) bond motifs is 1. The predicted octanol–water partition coefficient (Wildman–Crippen LogP) is 7.64. The Kier molecular flexibility index (Phi) is 7.72. The lowest BCUT2D eigenvalue weighted by Crippen LogP contribution is -2.47. The molecule has 2 unspecified atom stereocenters. The molecule has 0 aliphatic carbocycles. The smallest absolute Gasteiger partial charge is 0.163 e. The Morgan fingerprint density at radius 1 is 0.825 bits per heavy atom. The van der Waals surface area contributed by atoms with Gasteiger partial charge in [0.1, 0.15) is 5.52 Å². The number of carbonyl (C=O) groups is 1. The van der Waals surface area contributed by atoms with Gasteiger partial charge in [-0.25, -0.2) is 4.68 Å². The van der Waals surface area contributed by atoms with Crippen LogP contribution in [-0.4, -0.2) is 42.9 Å². The van der Waals surface area contributed by atoms with Crippen LogP contribution < -0.4 is 4.90 Å². The molecule has 0 aliphatic heterocycles. The Bertz CT molecular complexity index is 1570. The second-order valence-electron chi connectivity index (χ2n) is 12.0. The van der Waals surface area contributed by atoms with Gasteiger partial charge in [-0.15, -0.1) is 5.10 Å². The van der Waals surface area contributed by atoms with Crippen molar-refractivity contribution >= 4 is 30.6 Å². The highest BCUT2D eigenvalue weighted by Crippen LogP contribution is 2.49. The van der Waals surface area contributed by atoms with Crippen molar-refractivity contribution in [1.82, 2.24) is 15.0 Å². The average molecular weight is 547 g/mol. The molecule has 0 bridgehead atoms. The highest BCUT2D eigenvalue weighted by atomic mass is 28.3. The molecule has 0 aliphatic rings. The molecule has 0 saturated heterocycles. The number of carbonyl (C=O) groups excluding carboxylic acids is 1. The fraction of sp³-hybridized carbons (Fsp3) is 0.265. The van der Waals surface area contributed by atoms with Crippen LogP contribution in [0.15, 0.2) is 109 Å². The lowest BCUT2D eigenvalue weighted by atomic mass is 9.72. The maximum Gasteiger partial charge on any atom is 0.163 e. The number of Topliss-reactive ketones (excluding diaryl/α,β-unsaturated/α-hetero) is 1.